The minimum Gasteiger partial charge on any atom is -0.452 e. The zero-order valence-electron chi connectivity index (χ0n) is 13.8. The Morgan fingerprint density at radius 1 is 1.35 bits per heavy atom. The fourth-order valence-electron chi connectivity index (χ4n) is 3.41. The Kier molecular flexibility index (Phi) is 4.21. The molecule has 7 heteroatoms. The number of ether oxygens (including phenoxy) is 1. The van der Waals surface area contributed by atoms with Gasteiger partial charge in [-0.3, -0.25) is 14.5 Å². The molecule has 3 aliphatic heterocycles. The summed E-state index contributed by atoms with van der Waals surface area (Å²) >= 11 is 1.51. The number of nitrogens with zero attached hydrogens (tertiary/aromatic N) is 1. The van der Waals surface area contributed by atoms with E-state index in [0.717, 1.165) is 11.1 Å². The maximum atomic E-state index is 12.6. The van der Waals surface area contributed by atoms with Crippen molar-refractivity contribution in [3.05, 3.63) is 47.2 Å². The van der Waals surface area contributed by atoms with Gasteiger partial charge in [0.25, 0.3) is 5.91 Å². The number of rotatable bonds is 4. The van der Waals surface area contributed by atoms with E-state index in [1.54, 1.807) is 0 Å². The van der Waals surface area contributed by atoms with Crippen LogP contribution in [0.4, 0.5) is 0 Å². The van der Waals surface area contributed by atoms with Gasteiger partial charge in [-0.1, -0.05) is 30.3 Å². The highest BCUT2D eigenvalue weighted by Crippen LogP contribution is 2.44. The third-order valence-corrected chi connectivity index (χ3v) is 5.96. The lowest BCUT2D eigenvalue weighted by molar-refractivity contribution is -0.151. The maximum Gasteiger partial charge on any atom is 0.355 e. The quantitative estimate of drug-likeness (QED) is 0.484. The van der Waals surface area contributed by atoms with Gasteiger partial charge in [-0.25, -0.2) is 4.79 Å². The summed E-state index contributed by atoms with van der Waals surface area (Å²) in [6.45, 7) is 0. The van der Waals surface area contributed by atoms with Crippen molar-refractivity contribution in [2.75, 3.05) is 5.75 Å². The van der Waals surface area contributed by atoms with Crippen molar-refractivity contribution < 1.29 is 19.1 Å². The lowest BCUT2D eigenvalue weighted by Crippen LogP contribution is -2.70. The van der Waals surface area contributed by atoms with Crippen LogP contribution < -0.4 is 5.32 Å². The van der Waals surface area contributed by atoms with Crippen LogP contribution in [0.2, 0.25) is 0 Å². The van der Waals surface area contributed by atoms with Gasteiger partial charge in [0, 0.05) is 17.7 Å². The number of terminal acetylenes is 1. The number of amides is 2. The van der Waals surface area contributed by atoms with Crippen molar-refractivity contribution >= 4 is 29.5 Å². The Morgan fingerprint density at radius 3 is 2.85 bits per heavy atom. The zero-order valence-corrected chi connectivity index (χ0v) is 14.6. The van der Waals surface area contributed by atoms with Crippen LogP contribution in [-0.2, 0) is 25.5 Å². The van der Waals surface area contributed by atoms with Crippen molar-refractivity contribution in [3.8, 4) is 12.3 Å². The lowest BCUT2D eigenvalue weighted by Gasteiger charge is -2.48. The molecular weight excluding hydrogens is 352 g/mol. The van der Waals surface area contributed by atoms with E-state index in [4.69, 9.17) is 11.2 Å². The number of carbonyl (C=O) groups is 3. The van der Waals surface area contributed by atoms with E-state index in [0.29, 0.717) is 17.9 Å². The van der Waals surface area contributed by atoms with Crippen LogP contribution in [0.1, 0.15) is 12.0 Å². The summed E-state index contributed by atoms with van der Waals surface area (Å²) in [7, 11) is 0. The van der Waals surface area contributed by atoms with Crippen molar-refractivity contribution in [2.45, 2.75) is 30.4 Å². The summed E-state index contributed by atoms with van der Waals surface area (Å²) in [5.74, 6) is 2.05. The number of β-lactam (4-membered cyclic amide) rings is 1. The van der Waals surface area contributed by atoms with Crippen LogP contribution in [0.5, 0.6) is 0 Å². The first-order chi connectivity index (χ1) is 12.6. The van der Waals surface area contributed by atoms with E-state index < -0.39 is 18.1 Å². The molecule has 132 valence electrons. The molecule has 3 atom stereocenters. The third kappa shape index (κ3) is 2.67. The molecule has 4 rings (SSSR count). The van der Waals surface area contributed by atoms with Gasteiger partial charge in [-0.05, 0) is 5.56 Å². The molecule has 2 amide bonds. The highest BCUT2D eigenvalue weighted by atomic mass is 32.2. The first kappa shape index (κ1) is 16.7. The molecule has 0 bridgehead atoms. The second kappa shape index (κ2) is 6.54. The zero-order chi connectivity index (χ0) is 18.3. The monoisotopic (exact) mass is 368 g/mol. The van der Waals surface area contributed by atoms with Gasteiger partial charge in [0.15, 0.2) is 0 Å². The van der Waals surface area contributed by atoms with Crippen LogP contribution in [0.25, 0.3) is 0 Å². The number of nitrogens with one attached hydrogen (secondary N) is 1. The number of thioether (sulfide) groups is 1. The van der Waals surface area contributed by atoms with Crippen LogP contribution in [0, 0.1) is 12.3 Å². The smallest absolute Gasteiger partial charge is 0.355 e. The molecule has 0 aromatic heterocycles. The Morgan fingerprint density at radius 2 is 2.12 bits per heavy atom. The molecule has 6 nitrogen and oxygen atoms in total. The van der Waals surface area contributed by atoms with Gasteiger partial charge >= 0.3 is 5.97 Å². The number of fused-ring (bicyclic) bond motifs is 2. The molecule has 1 aromatic rings. The van der Waals surface area contributed by atoms with Gasteiger partial charge in [-0.2, -0.15) is 0 Å². The Bertz CT molecular complexity index is 858. The van der Waals surface area contributed by atoms with Crippen LogP contribution in [0.3, 0.4) is 0 Å². The van der Waals surface area contributed by atoms with Gasteiger partial charge < -0.3 is 10.1 Å². The van der Waals surface area contributed by atoms with Crippen molar-refractivity contribution in [1.29, 1.82) is 0 Å². The molecule has 1 saturated heterocycles. The average Bonchev–Trinajstić information content (AvgIpc) is 2.95. The summed E-state index contributed by atoms with van der Waals surface area (Å²) in [4.78, 5) is 38.4. The predicted molar refractivity (Wildman–Crippen MR) is 95.5 cm³/mol. The summed E-state index contributed by atoms with van der Waals surface area (Å²) in [6, 6.07) is 8.71. The maximum absolute atomic E-state index is 12.6. The SMILES string of the molecule is C#CCC1OC(=O)C2=C1CS[C@@H]1[C@H](NC(=O)Cc3ccccc3)C(=O)N21. The number of cyclic esters (lactones) is 1. The second-order valence-electron chi connectivity index (χ2n) is 6.29. The molecule has 1 aromatic carbocycles. The largest absolute Gasteiger partial charge is 0.452 e. The molecule has 3 heterocycles. The highest BCUT2D eigenvalue weighted by Gasteiger charge is 2.57. The minimum atomic E-state index is -0.621. The van der Waals surface area contributed by atoms with Crippen molar-refractivity contribution in [3.63, 3.8) is 0 Å². The van der Waals surface area contributed by atoms with Crippen LogP contribution >= 0.6 is 11.8 Å². The van der Waals surface area contributed by atoms with Crippen molar-refractivity contribution in [1.82, 2.24) is 10.2 Å². The molecule has 0 aliphatic carbocycles. The lowest BCUT2D eigenvalue weighted by atomic mass is 10.0. The van der Waals surface area contributed by atoms with Gasteiger partial charge in [-0.15, -0.1) is 24.1 Å². The summed E-state index contributed by atoms with van der Waals surface area (Å²) in [6.07, 6.45) is 5.38. The van der Waals surface area contributed by atoms with E-state index in [2.05, 4.69) is 11.2 Å². The van der Waals surface area contributed by atoms with E-state index in [1.165, 1.54) is 16.7 Å². The number of benzene rings is 1. The first-order valence-corrected chi connectivity index (χ1v) is 9.30. The molecule has 1 fully saturated rings. The van der Waals surface area contributed by atoms with E-state index in [1.807, 2.05) is 30.3 Å². The molecule has 0 spiro atoms. The van der Waals surface area contributed by atoms with Gasteiger partial charge in [0.1, 0.15) is 23.2 Å². The van der Waals surface area contributed by atoms with E-state index >= 15 is 0 Å². The van der Waals surface area contributed by atoms with Gasteiger partial charge in [0.2, 0.25) is 5.91 Å². The van der Waals surface area contributed by atoms with E-state index in [9.17, 15) is 14.4 Å². The molecule has 0 radical (unpaired) electrons. The van der Waals surface area contributed by atoms with E-state index in [-0.39, 0.29) is 23.6 Å². The molecule has 3 aliphatic rings. The minimum absolute atomic E-state index is 0.211. The number of carbonyl (C=O) groups excluding carboxylic acids is 3. The summed E-state index contributed by atoms with van der Waals surface area (Å²) in [5, 5.41) is 2.51. The predicted octanol–water partition coefficient (Wildman–Crippen LogP) is 0.832. The Hall–Kier alpha value is -2.72. The second-order valence-corrected chi connectivity index (χ2v) is 7.40. The van der Waals surface area contributed by atoms with Crippen LogP contribution in [0.15, 0.2) is 41.6 Å². The number of hydrogen-bond acceptors (Lipinski definition) is 5. The topological polar surface area (TPSA) is 75.7 Å². The third-order valence-electron chi connectivity index (χ3n) is 4.66. The number of esters is 1. The molecule has 26 heavy (non-hydrogen) atoms. The van der Waals surface area contributed by atoms with Gasteiger partial charge in [0.05, 0.1) is 6.42 Å². The fourth-order valence-corrected chi connectivity index (χ4v) is 4.82. The van der Waals surface area contributed by atoms with Crippen LogP contribution in [-0.4, -0.2) is 46.0 Å². The molecule has 1 N–H and O–H groups in total. The Balaban J connectivity index is 1.45. The Labute approximate surface area is 154 Å². The standard InChI is InChI=1S/C19H16N2O4S/c1-2-6-13-12-10-26-18-15(17(23)21(18)16(12)19(24)25-13)20-14(22)9-11-7-4-3-5-8-11/h1,3-5,7-8,13,15,18H,6,9-10H2,(H,20,22)/t13?,15-,18-/m1/s1. The highest BCUT2D eigenvalue weighted by molar-refractivity contribution is 8.00. The molecule has 1 unspecified atom stereocenters. The van der Waals surface area contributed by atoms with Crippen molar-refractivity contribution in [2.24, 2.45) is 0 Å². The molecular formula is C19H16N2O4S. The summed E-state index contributed by atoms with van der Waals surface area (Å²) < 4.78 is 5.29. The molecule has 0 saturated carbocycles. The summed E-state index contributed by atoms with van der Waals surface area (Å²) in [5.41, 5.74) is 1.97. The first-order valence-electron chi connectivity index (χ1n) is 8.25. The normalized spacial score (nSPS) is 26.4. The number of hydrogen-bond donors (Lipinski definition) is 1. The fraction of sp³-hybridized carbons (Fsp3) is 0.316. The average molecular weight is 368 g/mol.